The largest absolute Gasteiger partial charge is 0.483 e. The summed E-state index contributed by atoms with van der Waals surface area (Å²) in [7, 11) is 0. The Bertz CT molecular complexity index is 1270. The average Bonchev–Trinajstić information content (AvgIpc) is 3.48. The summed E-state index contributed by atoms with van der Waals surface area (Å²) in [6.07, 6.45) is 1.03. The van der Waals surface area contributed by atoms with Gasteiger partial charge in [-0.1, -0.05) is 44.5 Å². The standard InChI is InChI=1S/C27H31ClN4O6/c1-26(2,3)23(24(32-16-29-15-31-32)35-19-11-9-18(28)10-12-19)37-25(34)30-14-21(33)36-20-8-6-7-17-13-27(4,5)38-22(17)20/h6-12,15-16,23-24H,13-14H2,1-5H3,(H,30,34). The van der Waals surface area contributed by atoms with E-state index in [2.05, 4.69) is 15.4 Å². The first-order valence-electron chi connectivity index (χ1n) is 12.1. The zero-order valence-electron chi connectivity index (χ0n) is 21.9. The van der Waals surface area contributed by atoms with E-state index < -0.39 is 36.4 Å². The Hall–Kier alpha value is -3.79. The van der Waals surface area contributed by atoms with E-state index in [9.17, 15) is 9.59 Å². The molecular formula is C27H31ClN4O6. The van der Waals surface area contributed by atoms with Gasteiger partial charge in [-0.15, -0.1) is 0 Å². The molecular weight excluding hydrogens is 512 g/mol. The predicted octanol–water partition coefficient (Wildman–Crippen LogP) is 4.97. The molecule has 0 bridgehead atoms. The maximum absolute atomic E-state index is 12.8. The summed E-state index contributed by atoms with van der Waals surface area (Å²) in [6, 6.07) is 12.2. The van der Waals surface area contributed by atoms with Crippen LogP contribution >= 0.6 is 11.6 Å². The van der Waals surface area contributed by atoms with Crippen molar-refractivity contribution in [1.29, 1.82) is 0 Å². The van der Waals surface area contributed by atoms with E-state index in [0.717, 1.165) is 5.56 Å². The molecule has 3 aromatic rings. The first-order valence-corrected chi connectivity index (χ1v) is 12.5. The number of carbonyl (C=O) groups is 2. The number of ether oxygens (including phenoxy) is 4. The fourth-order valence-electron chi connectivity index (χ4n) is 4.05. The number of benzene rings is 2. The van der Waals surface area contributed by atoms with Gasteiger partial charge in [0, 0.05) is 22.4 Å². The van der Waals surface area contributed by atoms with Crippen molar-refractivity contribution in [1.82, 2.24) is 20.1 Å². The molecule has 0 aliphatic carbocycles. The lowest BCUT2D eigenvalue weighted by atomic mass is 9.87. The number of hydrogen-bond acceptors (Lipinski definition) is 8. The van der Waals surface area contributed by atoms with Gasteiger partial charge in [-0.25, -0.2) is 19.3 Å². The molecule has 0 fully saturated rings. The fraction of sp³-hybridized carbons (Fsp3) is 0.407. The molecule has 1 aromatic heterocycles. The molecule has 0 spiro atoms. The SMILES string of the molecule is CC1(C)Cc2cccc(OC(=O)CNC(=O)OC(C(Oc3ccc(Cl)cc3)n3cncn3)C(C)(C)C)c2O1. The van der Waals surface area contributed by atoms with Crippen LogP contribution in [0.3, 0.4) is 0 Å². The minimum absolute atomic E-state index is 0.309. The molecule has 202 valence electrons. The molecule has 2 aromatic carbocycles. The lowest BCUT2D eigenvalue weighted by molar-refractivity contribution is -0.133. The third-order valence-corrected chi connectivity index (χ3v) is 6.02. The molecule has 11 heteroatoms. The smallest absolute Gasteiger partial charge is 0.408 e. The monoisotopic (exact) mass is 542 g/mol. The van der Waals surface area contributed by atoms with Gasteiger partial charge in [0.1, 0.15) is 30.5 Å². The summed E-state index contributed by atoms with van der Waals surface area (Å²) in [6.45, 7) is 9.20. The zero-order valence-corrected chi connectivity index (χ0v) is 22.7. The number of aromatic nitrogens is 3. The number of alkyl carbamates (subject to hydrolysis) is 1. The Balaban J connectivity index is 1.42. The number of rotatable bonds is 8. The maximum atomic E-state index is 12.8. The van der Waals surface area contributed by atoms with E-state index >= 15 is 0 Å². The number of para-hydroxylation sites is 1. The summed E-state index contributed by atoms with van der Waals surface area (Å²) in [5.74, 6) is 0.679. The average molecular weight is 543 g/mol. The van der Waals surface area contributed by atoms with Gasteiger partial charge < -0.3 is 24.3 Å². The predicted molar refractivity (Wildman–Crippen MR) is 139 cm³/mol. The molecule has 2 unspecified atom stereocenters. The van der Waals surface area contributed by atoms with Crippen molar-refractivity contribution in [3.8, 4) is 17.2 Å². The molecule has 0 saturated heterocycles. The third-order valence-electron chi connectivity index (χ3n) is 5.77. The van der Waals surface area contributed by atoms with Crippen molar-refractivity contribution in [3.05, 3.63) is 65.7 Å². The van der Waals surface area contributed by atoms with Crippen LogP contribution < -0.4 is 19.5 Å². The molecule has 38 heavy (non-hydrogen) atoms. The van der Waals surface area contributed by atoms with Crippen LogP contribution in [0.25, 0.3) is 0 Å². The summed E-state index contributed by atoms with van der Waals surface area (Å²) < 4.78 is 24.8. The quantitative estimate of drug-likeness (QED) is 0.313. The van der Waals surface area contributed by atoms with Crippen molar-refractivity contribution < 1.29 is 28.5 Å². The normalized spacial score (nSPS) is 15.5. The van der Waals surface area contributed by atoms with Gasteiger partial charge in [0.05, 0.1) is 0 Å². The van der Waals surface area contributed by atoms with Crippen LogP contribution in [0, 0.1) is 5.41 Å². The van der Waals surface area contributed by atoms with Crippen molar-refractivity contribution in [2.75, 3.05) is 6.54 Å². The Morgan fingerprint density at radius 2 is 1.92 bits per heavy atom. The molecule has 1 amide bonds. The Morgan fingerprint density at radius 1 is 1.18 bits per heavy atom. The number of esters is 1. The van der Waals surface area contributed by atoms with Crippen LogP contribution in [0.5, 0.6) is 17.2 Å². The van der Waals surface area contributed by atoms with Crippen LogP contribution in [0.4, 0.5) is 4.79 Å². The minimum atomic E-state index is -0.858. The van der Waals surface area contributed by atoms with E-state index in [1.807, 2.05) is 40.7 Å². The van der Waals surface area contributed by atoms with Crippen LogP contribution in [0.15, 0.2) is 55.1 Å². The van der Waals surface area contributed by atoms with Gasteiger partial charge in [-0.3, -0.25) is 0 Å². The summed E-state index contributed by atoms with van der Waals surface area (Å²) in [5.41, 5.74) is -0.0142. The molecule has 4 rings (SSSR count). The van der Waals surface area contributed by atoms with Crippen molar-refractivity contribution in [2.45, 2.75) is 59.0 Å². The van der Waals surface area contributed by atoms with Gasteiger partial charge in [-0.2, -0.15) is 5.10 Å². The highest BCUT2D eigenvalue weighted by atomic mass is 35.5. The van der Waals surface area contributed by atoms with Crippen molar-refractivity contribution in [2.24, 2.45) is 5.41 Å². The maximum Gasteiger partial charge on any atom is 0.408 e. The molecule has 2 heterocycles. The minimum Gasteiger partial charge on any atom is -0.483 e. The van der Waals surface area contributed by atoms with E-state index in [1.165, 1.54) is 17.3 Å². The molecule has 0 saturated carbocycles. The van der Waals surface area contributed by atoms with Gasteiger partial charge in [0.25, 0.3) is 0 Å². The van der Waals surface area contributed by atoms with Gasteiger partial charge >= 0.3 is 12.1 Å². The van der Waals surface area contributed by atoms with Crippen molar-refractivity contribution in [3.63, 3.8) is 0 Å². The lowest BCUT2D eigenvalue weighted by Crippen LogP contribution is -2.45. The van der Waals surface area contributed by atoms with E-state index in [1.54, 1.807) is 36.4 Å². The summed E-state index contributed by atoms with van der Waals surface area (Å²) in [4.78, 5) is 29.4. The van der Waals surface area contributed by atoms with Crippen LogP contribution in [0.1, 0.15) is 46.4 Å². The van der Waals surface area contributed by atoms with E-state index in [4.69, 9.17) is 30.5 Å². The number of nitrogens with one attached hydrogen (secondary N) is 1. The zero-order chi connectivity index (χ0) is 27.5. The summed E-state index contributed by atoms with van der Waals surface area (Å²) in [5, 5.41) is 7.21. The van der Waals surface area contributed by atoms with Crippen LogP contribution in [-0.4, -0.2) is 45.1 Å². The number of nitrogens with zero attached hydrogens (tertiary/aromatic N) is 3. The highest BCUT2D eigenvalue weighted by molar-refractivity contribution is 6.30. The molecule has 1 aliphatic heterocycles. The Morgan fingerprint density at radius 3 is 2.58 bits per heavy atom. The van der Waals surface area contributed by atoms with E-state index in [0.29, 0.717) is 28.7 Å². The Labute approximate surface area is 226 Å². The van der Waals surface area contributed by atoms with Crippen LogP contribution in [-0.2, 0) is 16.0 Å². The topological polar surface area (TPSA) is 114 Å². The molecule has 1 aliphatic rings. The fourth-order valence-corrected chi connectivity index (χ4v) is 4.17. The molecule has 1 N–H and O–H groups in total. The first-order chi connectivity index (χ1) is 17.9. The second kappa shape index (κ2) is 10.9. The molecule has 2 atom stereocenters. The number of halogens is 1. The van der Waals surface area contributed by atoms with Gasteiger partial charge in [-0.05, 0) is 44.2 Å². The highest BCUT2D eigenvalue weighted by Gasteiger charge is 2.39. The van der Waals surface area contributed by atoms with Gasteiger partial charge in [0.15, 0.2) is 17.6 Å². The number of fused-ring (bicyclic) bond motifs is 1. The third kappa shape index (κ3) is 6.74. The Kier molecular flexibility index (Phi) is 7.82. The van der Waals surface area contributed by atoms with Crippen molar-refractivity contribution >= 4 is 23.7 Å². The molecule has 10 nitrogen and oxygen atoms in total. The summed E-state index contributed by atoms with van der Waals surface area (Å²) >= 11 is 6.00. The number of carbonyl (C=O) groups excluding carboxylic acids is 2. The van der Waals surface area contributed by atoms with Gasteiger partial charge in [0.2, 0.25) is 6.23 Å². The molecule has 0 radical (unpaired) electrons. The highest BCUT2D eigenvalue weighted by Crippen LogP contribution is 2.41. The lowest BCUT2D eigenvalue weighted by Gasteiger charge is -2.35. The van der Waals surface area contributed by atoms with Crippen LogP contribution in [0.2, 0.25) is 5.02 Å². The number of hydrogen-bond donors (Lipinski definition) is 1. The van der Waals surface area contributed by atoms with E-state index in [-0.39, 0.29) is 5.60 Å². The first kappa shape index (κ1) is 27.3. The second-order valence-corrected chi connectivity index (χ2v) is 11.1. The second-order valence-electron chi connectivity index (χ2n) is 10.6. The number of amides is 1.